The number of benzene rings is 1. The van der Waals surface area contributed by atoms with E-state index in [2.05, 4.69) is 0 Å². The zero-order valence-electron chi connectivity index (χ0n) is 14.2. The molecule has 2 aliphatic rings. The lowest BCUT2D eigenvalue weighted by molar-refractivity contribution is 0.0445. The minimum atomic E-state index is -3.11. The lowest BCUT2D eigenvalue weighted by Crippen LogP contribution is -2.45. The van der Waals surface area contributed by atoms with Gasteiger partial charge in [-0.15, -0.1) is 11.3 Å². The first-order valence-corrected chi connectivity index (χ1v) is 11.4. The van der Waals surface area contributed by atoms with Gasteiger partial charge in [-0.2, -0.15) is 0 Å². The van der Waals surface area contributed by atoms with Crippen molar-refractivity contribution in [1.82, 2.24) is 4.90 Å². The van der Waals surface area contributed by atoms with Crippen molar-refractivity contribution in [3.8, 4) is 0 Å². The first-order valence-electron chi connectivity index (χ1n) is 8.74. The van der Waals surface area contributed by atoms with E-state index in [9.17, 15) is 17.6 Å². The molecule has 2 atom stereocenters. The van der Waals surface area contributed by atoms with Crippen molar-refractivity contribution in [2.45, 2.75) is 31.4 Å². The second-order valence-electron chi connectivity index (χ2n) is 6.91. The molecule has 2 aliphatic heterocycles. The summed E-state index contributed by atoms with van der Waals surface area (Å²) in [5.74, 6) is -0.492. The molecule has 2 aromatic rings. The van der Waals surface area contributed by atoms with Crippen LogP contribution in [-0.2, 0) is 14.6 Å². The fourth-order valence-electron chi connectivity index (χ4n) is 3.70. The summed E-state index contributed by atoms with van der Waals surface area (Å²) in [6.07, 6.45) is 2.20. The van der Waals surface area contributed by atoms with E-state index in [0.29, 0.717) is 34.5 Å². The topological polar surface area (TPSA) is 63.7 Å². The lowest BCUT2D eigenvalue weighted by atomic mass is 10.1. The molecule has 2 saturated heterocycles. The Kier molecular flexibility index (Phi) is 4.75. The zero-order valence-corrected chi connectivity index (χ0v) is 15.8. The van der Waals surface area contributed by atoms with Gasteiger partial charge in [0.1, 0.15) is 5.82 Å². The monoisotopic (exact) mass is 397 g/mol. The second-order valence-corrected chi connectivity index (χ2v) is 10.2. The van der Waals surface area contributed by atoms with E-state index in [4.69, 9.17) is 4.74 Å². The number of ether oxygens (including phenoxy) is 1. The van der Waals surface area contributed by atoms with Crippen LogP contribution in [0.15, 0.2) is 24.3 Å². The summed E-state index contributed by atoms with van der Waals surface area (Å²) in [5.41, 5.74) is 0. The van der Waals surface area contributed by atoms with E-state index in [0.717, 1.165) is 12.8 Å². The van der Waals surface area contributed by atoms with Gasteiger partial charge >= 0.3 is 0 Å². The minimum absolute atomic E-state index is 0.00921. The number of carbonyl (C=O) groups excluding carboxylic acids is 1. The van der Waals surface area contributed by atoms with Gasteiger partial charge in [-0.3, -0.25) is 4.79 Å². The van der Waals surface area contributed by atoms with Gasteiger partial charge in [0.2, 0.25) is 0 Å². The third-order valence-electron chi connectivity index (χ3n) is 5.05. The Bertz CT molecular complexity index is 934. The molecular formula is C18H20FNO4S2. The van der Waals surface area contributed by atoms with E-state index in [1.807, 2.05) is 0 Å². The van der Waals surface area contributed by atoms with Crippen LogP contribution < -0.4 is 0 Å². The smallest absolute Gasteiger partial charge is 0.264 e. The molecule has 0 spiro atoms. The van der Waals surface area contributed by atoms with Gasteiger partial charge in [0, 0.05) is 29.3 Å². The van der Waals surface area contributed by atoms with Crippen LogP contribution in [-0.4, -0.2) is 56.0 Å². The minimum Gasteiger partial charge on any atom is -0.376 e. The van der Waals surface area contributed by atoms with Crippen LogP contribution in [0.1, 0.15) is 28.9 Å². The largest absolute Gasteiger partial charge is 0.376 e. The van der Waals surface area contributed by atoms with E-state index in [1.165, 1.54) is 17.4 Å². The number of amides is 1. The predicted molar refractivity (Wildman–Crippen MR) is 98.9 cm³/mol. The molecule has 5 nitrogen and oxygen atoms in total. The third kappa shape index (κ3) is 3.50. The highest BCUT2D eigenvalue weighted by Crippen LogP contribution is 2.30. The quantitative estimate of drug-likeness (QED) is 0.796. The van der Waals surface area contributed by atoms with Gasteiger partial charge in [-0.1, -0.05) is 6.07 Å². The Morgan fingerprint density at radius 2 is 2.19 bits per heavy atom. The maximum absolute atomic E-state index is 14.0. The lowest BCUT2D eigenvalue weighted by Gasteiger charge is -2.30. The third-order valence-corrected chi connectivity index (χ3v) is 7.89. The summed E-state index contributed by atoms with van der Waals surface area (Å²) in [6.45, 7) is 1.06. The normalized spacial score (nSPS) is 25.0. The van der Waals surface area contributed by atoms with Crippen LogP contribution in [0.2, 0.25) is 0 Å². The fourth-order valence-corrected chi connectivity index (χ4v) is 6.46. The van der Waals surface area contributed by atoms with Gasteiger partial charge in [0.05, 0.1) is 22.5 Å². The van der Waals surface area contributed by atoms with Crippen LogP contribution in [0.25, 0.3) is 10.1 Å². The number of fused-ring (bicyclic) bond motifs is 1. The van der Waals surface area contributed by atoms with Crippen molar-refractivity contribution in [2.24, 2.45) is 0 Å². The Morgan fingerprint density at radius 1 is 1.35 bits per heavy atom. The maximum Gasteiger partial charge on any atom is 0.264 e. The summed E-state index contributed by atoms with van der Waals surface area (Å²) in [4.78, 5) is 15.3. The maximum atomic E-state index is 14.0. The Labute approximate surface area is 155 Å². The van der Waals surface area contributed by atoms with E-state index < -0.39 is 9.84 Å². The molecule has 26 heavy (non-hydrogen) atoms. The zero-order chi connectivity index (χ0) is 18.3. The molecule has 1 aromatic heterocycles. The van der Waals surface area contributed by atoms with E-state index in [-0.39, 0.29) is 35.4 Å². The summed E-state index contributed by atoms with van der Waals surface area (Å²) >= 11 is 1.24. The first-order chi connectivity index (χ1) is 12.4. The van der Waals surface area contributed by atoms with Gasteiger partial charge in [-0.25, -0.2) is 12.8 Å². The fraction of sp³-hybridized carbons (Fsp3) is 0.500. The molecule has 140 valence electrons. The van der Waals surface area contributed by atoms with Crippen molar-refractivity contribution < 1.29 is 22.3 Å². The van der Waals surface area contributed by atoms with Crippen LogP contribution in [0, 0.1) is 5.82 Å². The molecule has 3 heterocycles. The molecule has 0 unspecified atom stereocenters. The highest BCUT2D eigenvalue weighted by atomic mass is 32.2. The molecule has 1 amide bonds. The van der Waals surface area contributed by atoms with Crippen molar-refractivity contribution >= 4 is 37.2 Å². The predicted octanol–water partition coefficient (Wildman–Crippen LogP) is 2.85. The van der Waals surface area contributed by atoms with Crippen LogP contribution >= 0.6 is 11.3 Å². The molecule has 0 N–H and O–H groups in total. The molecule has 0 aliphatic carbocycles. The summed E-state index contributed by atoms with van der Waals surface area (Å²) in [7, 11) is -3.11. The number of nitrogens with zero attached hydrogens (tertiary/aromatic N) is 1. The molecule has 2 fully saturated rings. The summed E-state index contributed by atoms with van der Waals surface area (Å²) in [5, 5.41) is 0.428. The van der Waals surface area contributed by atoms with Gasteiger partial charge in [0.25, 0.3) is 5.91 Å². The van der Waals surface area contributed by atoms with Crippen molar-refractivity contribution in [2.75, 3.05) is 24.7 Å². The first kappa shape index (κ1) is 17.9. The average molecular weight is 397 g/mol. The SMILES string of the molecule is O=C(c1cc2c(F)cccc2s1)N(C[C@H]1CCCO1)[C@@H]1CCS(=O)(=O)C1. The number of sulfone groups is 1. The average Bonchev–Trinajstić information content (AvgIpc) is 3.31. The second kappa shape index (κ2) is 6.90. The summed E-state index contributed by atoms with van der Waals surface area (Å²) in [6, 6.07) is 6.01. The standard InChI is InChI=1S/C18H20FNO4S2/c19-15-4-1-5-16-14(15)9-17(25-16)18(21)20(10-13-3-2-7-24-13)12-6-8-26(22,23)11-12/h1,4-5,9,12-13H,2-3,6-8,10-11H2/t12-,13-/m1/s1. The van der Waals surface area contributed by atoms with Gasteiger partial charge in [-0.05, 0) is 37.5 Å². The number of thiophene rings is 1. The van der Waals surface area contributed by atoms with Crippen molar-refractivity contribution in [3.63, 3.8) is 0 Å². The molecule has 4 rings (SSSR count). The van der Waals surface area contributed by atoms with Gasteiger partial charge in [0.15, 0.2) is 9.84 Å². The number of rotatable bonds is 4. The van der Waals surface area contributed by atoms with Gasteiger partial charge < -0.3 is 9.64 Å². The molecule has 1 aromatic carbocycles. The molecule has 8 heteroatoms. The highest BCUT2D eigenvalue weighted by Gasteiger charge is 2.37. The number of hydrogen-bond donors (Lipinski definition) is 0. The molecule has 0 radical (unpaired) electrons. The molecule has 0 saturated carbocycles. The van der Waals surface area contributed by atoms with E-state index >= 15 is 0 Å². The molecular weight excluding hydrogens is 377 g/mol. The molecule has 0 bridgehead atoms. The Morgan fingerprint density at radius 3 is 2.85 bits per heavy atom. The van der Waals surface area contributed by atoms with Crippen molar-refractivity contribution in [3.05, 3.63) is 35.0 Å². The van der Waals surface area contributed by atoms with E-state index in [1.54, 1.807) is 23.1 Å². The number of carbonyl (C=O) groups is 1. The number of hydrogen-bond acceptors (Lipinski definition) is 5. The van der Waals surface area contributed by atoms with Crippen molar-refractivity contribution in [1.29, 1.82) is 0 Å². The van der Waals surface area contributed by atoms with Crippen LogP contribution in [0.4, 0.5) is 4.39 Å². The summed E-state index contributed by atoms with van der Waals surface area (Å²) < 4.78 is 44.2. The number of halogens is 1. The van der Waals surface area contributed by atoms with Crippen LogP contribution in [0.3, 0.4) is 0 Å². The Balaban J connectivity index is 1.64. The highest BCUT2D eigenvalue weighted by molar-refractivity contribution is 7.91. The van der Waals surface area contributed by atoms with Crippen LogP contribution in [0.5, 0.6) is 0 Å². The Hall–Kier alpha value is -1.51.